The minimum Gasteiger partial charge on any atom is -0.344 e. The minimum atomic E-state index is 0. The Balaban J connectivity index is -0.0000000331. The van der Waals surface area contributed by atoms with Gasteiger partial charge in [0.25, 0.3) is 0 Å². The van der Waals surface area contributed by atoms with Crippen LogP contribution in [0.1, 0.15) is 44.9 Å². The number of hydrogen-bond donors (Lipinski definition) is 4. The molecule has 2 aliphatic carbocycles. The molecule has 2 saturated carbocycles. The van der Waals surface area contributed by atoms with Gasteiger partial charge in [-0.1, -0.05) is 44.9 Å². The molecule has 0 atom stereocenters. The molecule has 0 aromatic carbocycles. The summed E-state index contributed by atoms with van der Waals surface area (Å²) < 4.78 is 0. The highest BCUT2D eigenvalue weighted by molar-refractivity contribution is 4.51. The largest absolute Gasteiger partial charge is 0.344 e. The van der Waals surface area contributed by atoms with E-state index in [0.29, 0.717) is 0 Å². The van der Waals surface area contributed by atoms with Crippen LogP contribution in [-0.4, -0.2) is 0 Å². The molecular formula is C7H26N4. The number of hydrogen-bond acceptors (Lipinski definition) is 4. The molecule has 0 aliphatic heterocycles. The molecular weight excluding hydrogens is 140 g/mol. The van der Waals surface area contributed by atoms with E-state index in [4.69, 9.17) is 0 Å². The molecule has 0 spiro atoms. The van der Waals surface area contributed by atoms with E-state index in [1.54, 1.807) is 0 Å². The predicted molar refractivity (Wildman–Crippen MR) is 52.4 cm³/mol. The average Bonchev–Trinajstić information content (AvgIpc) is 1.95. The second-order valence-corrected chi connectivity index (χ2v) is 2.47. The Bertz CT molecular complexity index is 37.0. The van der Waals surface area contributed by atoms with Crippen molar-refractivity contribution in [3.63, 3.8) is 0 Å². The zero-order chi connectivity index (χ0) is 4.95. The summed E-state index contributed by atoms with van der Waals surface area (Å²) in [4.78, 5) is 0. The quantitative estimate of drug-likeness (QED) is 0.437. The van der Waals surface area contributed by atoms with Crippen LogP contribution in [-0.2, 0) is 0 Å². The highest BCUT2D eigenvalue weighted by Crippen LogP contribution is 2.15. The Labute approximate surface area is 70.5 Å². The maximum atomic E-state index is 1.50. The third kappa shape index (κ3) is 25.8. The van der Waals surface area contributed by atoms with Gasteiger partial charge in [0.05, 0.1) is 0 Å². The van der Waals surface area contributed by atoms with Crippen molar-refractivity contribution in [3.05, 3.63) is 0 Å². The summed E-state index contributed by atoms with van der Waals surface area (Å²) in [5.41, 5.74) is 0. The molecule has 0 aromatic rings. The number of rotatable bonds is 0. The van der Waals surface area contributed by atoms with Crippen molar-refractivity contribution in [2.45, 2.75) is 44.9 Å². The van der Waals surface area contributed by atoms with Gasteiger partial charge >= 0.3 is 0 Å². The lowest BCUT2D eigenvalue weighted by Gasteiger charge is -2.05. The second kappa shape index (κ2) is 16.4. The van der Waals surface area contributed by atoms with E-state index in [9.17, 15) is 0 Å². The third-order valence-electron chi connectivity index (χ3n) is 1.35. The molecule has 2 rings (SSSR count). The van der Waals surface area contributed by atoms with E-state index in [-0.39, 0.29) is 24.6 Å². The smallest absolute Gasteiger partial charge is 0.0533 e. The van der Waals surface area contributed by atoms with Crippen molar-refractivity contribution in [1.82, 2.24) is 24.6 Å². The van der Waals surface area contributed by atoms with Crippen molar-refractivity contribution in [3.8, 4) is 0 Å². The molecule has 2 aliphatic rings. The first kappa shape index (κ1) is 22.4. The van der Waals surface area contributed by atoms with Gasteiger partial charge in [-0.2, -0.15) is 0 Å². The summed E-state index contributed by atoms with van der Waals surface area (Å²) in [5, 5.41) is 0. The van der Waals surface area contributed by atoms with Gasteiger partial charge in [-0.25, -0.2) is 0 Å². The average molecular weight is 166 g/mol. The lowest BCUT2D eigenvalue weighted by atomic mass is 10.0. The molecule has 0 aromatic heterocycles. The minimum absolute atomic E-state index is 0. The molecule has 11 heavy (non-hydrogen) atoms. The molecule has 0 bridgehead atoms. The highest BCUT2D eigenvalue weighted by atomic mass is 14.0. The van der Waals surface area contributed by atoms with Crippen molar-refractivity contribution < 1.29 is 0 Å². The van der Waals surface area contributed by atoms with Crippen LogP contribution in [0, 0.1) is 0 Å². The van der Waals surface area contributed by atoms with Crippen molar-refractivity contribution in [1.29, 1.82) is 0 Å². The fourth-order valence-corrected chi connectivity index (χ4v) is 0.250. The lowest BCUT2D eigenvalue weighted by molar-refractivity contribution is 0.504. The van der Waals surface area contributed by atoms with Crippen LogP contribution >= 0.6 is 0 Å². The molecule has 12 N–H and O–H groups in total. The van der Waals surface area contributed by atoms with Gasteiger partial charge in [-0.15, -0.1) is 0 Å². The summed E-state index contributed by atoms with van der Waals surface area (Å²) in [6, 6.07) is 0. The predicted octanol–water partition coefficient (Wildman–Crippen LogP) is 3.38. The van der Waals surface area contributed by atoms with Crippen molar-refractivity contribution in [2.75, 3.05) is 0 Å². The molecule has 74 valence electrons. The lowest BCUT2D eigenvalue weighted by Crippen LogP contribution is -1.85. The van der Waals surface area contributed by atoms with Crippen LogP contribution < -0.4 is 24.6 Å². The monoisotopic (exact) mass is 166 g/mol. The van der Waals surface area contributed by atoms with E-state index < -0.39 is 0 Å². The van der Waals surface area contributed by atoms with Crippen LogP contribution in [0.25, 0.3) is 0 Å². The summed E-state index contributed by atoms with van der Waals surface area (Å²) in [6.45, 7) is 0. The van der Waals surface area contributed by atoms with E-state index in [1.807, 2.05) is 0 Å². The first-order chi connectivity index (χ1) is 3.50. The van der Waals surface area contributed by atoms with Gasteiger partial charge in [0.15, 0.2) is 0 Å². The highest BCUT2D eigenvalue weighted by Gasteiger charge is 1.95. The van der Waals surface area contributed by atoms with Crippen LogP contribution in [0.2, 0.25) is 0 Å². The SMILES string of the molecule is C1CC1.C1CCC1.N.N.N.N. The Hall–Kier alpha value is -0.160. The van der Waals surface area contributed by atoms with E-state index >= 15 is 0 Å². The molecule has 0 saturated heterocycles. The van der Waals surface area contributed by atoms with Crippen LogP contribution in [0.4, 0.5) is 0 Å². The zero-order valence-corrected chi connectivity index (χ0v) is 7.78. The van der Waals surface area contributed by atoms with Gasteiger partial charge < -0.3 is 24.6 Å². The van der Waals surface area contributed by atoms with E-state index in [2.05, 4.69) is 0 Å². The maximum absolute atomic E-state index is 1.50. The van der Waals surface area contributed by atoms with E-state index in [0.717, 1.165) is 0 Å². The first-order valence-corrected chi connectivity index (χ1v) is 3.50. The molecule has 4 heteroatoms. The molecule has 0 amide bonds. The second-order valence-electron chi connectivity index (χ2n) is 2.47. The third-order valence-corrected chi connectivity index (χ3v) is 1.35. The Morgan fingerprint density at radius 1 is 0.273 bits per heavy atom. The zero-order valence-electron chi connectivity index (χ0n) is 7.78. The van der Waals surface area contributed by atoms with Crippen molar-refractivity contribution >= 4 is 0 Å². The van der Waals surface area contributed by atoms with Crippen LogP contribution in [0.3, 0.4) is 0 Å². The standard InChI is InChI=1S/C4H8.C3H6.4H3N/c1-2-4-3-1;1-2-3-1;;;;/h1-4H2;1-3H2;4*1H3. The summed E-state index contributed by atoms with van der Waals surface area (Å²) in [6.07, 6.45) is 10.5. The molecule has 0 radical (unpaired) electrons. The Morgan fingerprint density at radius 3 is 0.364 bits per heavy atom. The van der Waals surface area contributed by atoms with Gasteiger partial charge in [0.1, 0.15) is 0 Å². The first-order valence-electron chi connectivity index (χ1n) is 3.50. The Kier molecular flexibility index (Phi) is 33.5. The molecule has 0 heterocycles. The van der Waals surface area contributed by atoms with Gasteiger partial charge in [0.2, 0.25) is 0 Å². The van der Waals surface area contributed by atoms with Crippen molar-refractivity contribution in [2.24, 2.45) is 0 Å². The molecule has 2 fully saturated rings. The topological polar surface area (TPSA) is 140 Å². The van der Waals surface area contributed by atoms with Crippen LogP contribution in [0.15, 0.2) is 0 Å². The van der Waals surface area contributed by atoms with E-state index in [1.165, 1.54) is 44.9 Å². The normalized spacial score (nSPS) is 15.3. The summed E-state index contributed by atoms with van der Waals surface area (Å²) >= 11 is 0. The molecule has 4 nitrogen and oxygen atoms in total. The maximum Gasteiger partial charge on any atom is -0.0533 e. The van der Waals surface area contributed by atoms with Gasteiger partial charge in [-0.3, -0.25) is 0 Å². The summed E-state index contributed by atoms with van der Waals surface area (Å²) in [5.74, 6) is 0. The van der Waals surface area contributed by atoms with Crippen LogP contribution in [0.5, 0.6) is 0 Å². The van der Waals surface area contributed by atoms with Gasteiger partial charge in [-0.05, 0) is 0 Å². The molecule has 0 unspecified atom stereocenters. The Morgan fingerprint density at radius 2 is 0.364 bits per heavy atom. The summed E-state index contributed by atoms with van der Waals surface area (Å²) in [7, 11) is 0. The van der Waals surface area contributed by atoms with Gasteiger partial charge in [0, 0.05) is 0 Å². The fraction of sp³-hybridized carbons (Fsp3) is 1.00. The fourth-order valence-electron chi connectivity index (χ4n) is 0.250.